The number of aromatic amines is 1. The van der Waals surface area contributed by atoms with Gasteiger partial charge in [-0.25, -0.2) is 4.98 Å². The molecule has 3 heterocycles. The van der Waals surface area contributed by atoms with Crippen molar-refractivity contribution in [1.82, 2.24) is 20.2 Å². The summed E-state index contributed by atoms with van der Waals surface area (Å²) in [6, 6.07) is 7.74. The first-order valence-corrected chi connectivity index (χ1v) is 4.64. The van der Waals surface area contributed by atoms with Gasteiger partial charge in [-0.1, -0.05) is 0 Å². The van der Waals surface area contributed by atoms with Gasteiger partial charge in [-0.2, -0.15) is 5.10 Å². The first kappa shape index (κ1) is 8.11. The van der Waals surface area contributed by atoms with Crippen LogP contribution in [0.5, 0.6) is 0 Å². The minimum Gasteiger partial charge on any atom is -0.285 e. The summed E-state index contributed by atoms with van der Waals surface area (Å²) in [6.07, 6.45) is 5.34. The lowest BCUT2D eigenvalue weighted by molar-refractivity contribution is 1.09. The topological polar surface area (TPSA) is 54.5 Å². The van der Waals surface area contributed by atoms with E-state index in [9.17, 15) is 0 Å². The van der Waals surface area contributed by atoms with Crippen LogP contribution in [-0.4, -0.2) is 20.2 Å². The molecule has 3 aromatic rings. The zero-order valence-corrected chi connectivity index (χ0v) is 7.88. The Morgan fingerprint density at radius 1 is 1.07 bits per heavy atom. The number of pyridine rings is 2. The highest BCUT2D eigenvalue weighted by Crippen LogP contribution is 2.17. The van der Waals surface area contributed by atoms with E-state index in [2.05, 4.69) is 20.2 Å². The summed E-state index contributed by atoms with van der Waals surface area (Å²) < 4.78 is 0. The van der Waals surface area contributed by atoms with Crippen molar-refractivity contribution in [2.45, 2.75) is 0 Å². The lowest BCUT2D eigenvalue weighted by Crippen LogP contribution is -1.85. The standard InChI is InChI=1S/C11H8N4/c1-2-11-10(12-5-1)4-3-9(15-11)8-6-13-14-7-8/h1-7H,(H,13,14). The Balaban J connectivity index is 2.22. The number of aromatic nitrogens is 4. The van der Waals surface area contributed by atoms with E-state index in [0.717, 1.165) is 22.3 Å². The second-order valence-corrected chi connectivity index (χ2v) is 3.23. The van der Waals surface area contributed by atoms with Crippen molar-refractivity contribution in [1.29, 1.82) is 0 Å². The molecule has 0 spiro atoms. The van der Waals surface area contributed by atoms with E-state index in [-0.39, 0.29) is 0 Å². The number of hydrogen-bond acceptors (Lipinski definition) is 3. The van der Waals surface area contributed by atoms with Crippen molar-refractivity contribution in [3.63, 3.8) is 0 Å². The fraction of sp³-hybridized carbons (Fsp3) is 0. The number of nitrogens with one attached hydrogen (secondary N) is 1. The van der Waals surface area contributed by atoms with Gasteiger partial charge in [0.05, 0.1) is 22.9 Å². The van der Waals surface area contributed by atoms with Crippen molar-refractivity contribution in [2.75, 3.05) is 0 Å². The highest BCUT2D eigenvalue weighted by Gasteiger charge is 2.01. The van der Waals surface area contributed by atoms with E-state index in [4.69, 9.17) is 0 Å². The quantitative estimate of drug-likeness (QED) is 0.647. The summed E-state index contributed by atoms with van der Waals surface area (Å²) in [5, 5.41) is 6.67. The average molecular weight is 196 g/mol. The van der Waals surface area contributed by atoms with Gasteiger partial charge >= 0.3 is 0 Å². The normalized spacial score (nSPS) is 10.7. The van der Waals surface area contributed by atoms with Gasteiger partial charge in [-0.05, 0) is 24.3 Å². The zero-order valence-electron chi connectivity index (χ0n) is 7.88. The van der Waals surface area contributed by atoms with E-state index in [0.29, 0.717) is 0 Å². The SMILES string of the molecule is c1cnc2ccc(-c3cn[nH]c3)nc2c1. The minimum absolute atomic E-state index is 0.899. The first-order valence-electron chi connectivity index (χ1n) is 4.64. The smallest absolute Gasteiger partial charge is 0.0894 e. The van der Waals surface area contributed by atoms with Gasteiger partial charge in [0.2, 0.25) is 0 Å². The number of hydrogen-bond donors (Lipinski definition) is 1. The number of nitrogens with zero attached hydrogens (tertiary/aromatic N) is 3. The Morgan fingerprint density at radius 3 is 2.93 bits per heavy atom. The second-order valence-electron chi connectivity index (χ2n) is 3.23. The van der Waals surface area contributed by atoms with Crippen LogP contribution in [0.2, 0.25) is 0 Å². The molecule has 0 unspecified atom stereocenters. The van der Waals surface area contributed by atoms with E-state index < -0.39 is 0 Å². The zero-order chi connectivity index (χ0) is 10.1. The Bertz CT molecular complexity index is 586. The van der Waals surface area contributed by atoms with E-state index in [1.165, 1.54) is 0 Å². The summed E-state index contributed by atoms with van der Waals surface area (Å²) in [7, 11) is 0. The molecule has 0 bridgehead atoms. The van der Waals surface area contributed by atoms with Crippen molar-refractivity contribution in [3.05, 3.63) is 42.9 Å². The lowest BCUT2D eigenvalue weighted by atomic mass is 10.2. The molecule has 0 aliphatic carbocycles. The molecule has 0 saturated carbocycles. The molecule has 0 aliphatic rings. The molecule has 0 saturated heterocycles. The Morgan fingerprint density at radius 2 is 2.07 bits per heavy atom. The second kappa shape index (κ2) is 3.16. The van der Waals surface area contributed by atoms with Crippen LogP contribution in [0.25, 0.3) is 22.3 Å². The van der Waals surface area contributed by atoms with E-state index in [1.807, 2.05) is 30.5 Å². The van der Waals surface area contributed by atoms with Crippen LogP contribution in [0.3, 0.4) is 0 Å². The maximum Gasteiger partial charge on any atom is 0.0894 e. The fourth-order valence-corrected chi connectivity index (χ4v) is 1.51. The summed E-state index contributed by atoms with van der Waals surface area (Å²) in [5.74, 6) is 0. The molecule has 3 rings (SSSR count). The van der Waals surface area contributed by atoms with Gasteiger partial charge in [0, 0.05) is 18.0 Å². The number of fused-ring (bicyclic) bond motifs is 1. The molecule has 0 atom stereocenters. The predicted octanol–water partition coefficient (Wildman–Crippen LogP) is 2.02. The van der Waals surface area contributed by atoms with Gasteiger partial charge in [-0.15, -0.1) is 0 Å². The third-order valence-electron chi connectivity index (χ3n) is 2.25. The van der Waals surface area contributed by atoms with Crippen molar-refractivity contribution in [2.24, 2.45) is 0 Å². The molecule has 72 valence electrons. The third kappa shape index (κ3) is 1.36. The Kier molecular flexibility index (Phi) is 1.71. The molecular weight excluding hydrogens is 188 g/mol. The lowest BCUT2D eigenvalue weighted by Gasteiger charge is -1.98. The molecule has 1 N–H and O–H groups in total. The molecule has 4 nitrogen and oxygen atoms in total. The van der Waals surface area contributed by atoms with Crippen LogP contribution in [0.4, 0.5) is 0 Å². The molecule has 0 fully saturated rings. The predicted molar refractivity (Wildman–Crippen MR) is 57.1 cm³/mol. The van der Waals surface area contributed by atoms with Crippen LogP contribution in [0.1, 0.15) is 0 Å². The Labute approximate surface area is 86.0 Å². The third-order valence-corrected chi connectivity index (χ3v) is 2.25. The van der Waals surface area contributed by atoms with E-state index >= 15 is 0 Å². The summed E-state index contributed by atoms with van der Waals surface area (Å²) in [6.45, 7) is 0. The maximum atomic E-state index is 4.50. The van der Waals surface area contributed by atoms with Crippen molar-refractivity contribution >= 4 is 11.0 Å². The molecule has 3 aromatic heterocycles. The van der Waals surface area contributed by atoms with Crippen LogP contribution in [0.15, 0.2) is 42.9 Å². The highest BCUT2D eigenvalue weighted by molar-refractivity contribution is 5.77. The summed E-state index contributed by atoms with van der Waals surface area (Å²) in [5.41, 5.74) is 3.70. The minimum atomic E-state index is 0.899. The first-order chi connectivity index (χ1) is 7.43. The molecule has 4 heteroatoms. The van der Waals surface area contributed by atoms with Crippen molar-refractivity contribution < 1.29 is 0 Å². The van der Waals surface area contributed by atoms with Crippen LogP contribution in [-0.2, 0) is 0 Å². The molecule has 0 radical (unpaired) electrons. The Hall–Kier alpha value is -2.23. The average Bonchev–Trinajstić information content (AvgIpc) is 2.82. The number of rotatable bonds is 1. The summed E-state index contributed by atoms with van der Waals surface area (Å²) in [4.78, 5) is 8.71. The van der Waals surface area contributed by atoms with Gasteiger partial charge in [0.1, 0.15) is 0 Å². The molecule has 0 amide bonds. The summed E-state index contributed by atoms with van der Waals surface area (Å²) >= 11 is 0. The van der Waals surface area contributed by atoms with Gasteiger partial charge in [-0.3, -0.25) is 10.1 Å². The van der Waals surface area contributed by atoms with Gasteiger partial charge < -0.3 is 0 Å². The van der Waals surface area contributed by atoms with Crippen LogP contribution < -0.4 is 0 Å². The largest absolute Gasteiger partial charge is 0.285 e. The number of H-pyrrole nitrogens is 1. The van der Waals surface area contributed by atoms with E-state index in [1.54, 1.807) is 12.4 Å². The fourth-order valence-electron chi connectivity index (χ4n) is 1.51. The van der Waals surface area contributed by atoms with Crippen LogP contribution in [0, 0.1) is 0 Å². The monoisotopic (exact) mass is 196 g/mol. The highest BCUT2D eigenvalue weighted by atomic mass is 15.1. The van der Waals surface area contributed by atoms with Gasteiger partial charge in [0.15, 0.2) is 0 Å². The van der Waals surface area contributed by atoms with Crippen LogP contribution >= 0.6 is 0 Å². The van der Waals surface area contributed by atoms with Crippen molar-refractivity contribution in [3.8, 4) is 11.3 Å². The van der Waals surface area contributed by atoms with Gasteiger partial charge in [0.25, 0.3) is 0 Å². The molecular formula is C11H8N4. The molecule has 0 aromatic carbocycles. The maximum absolute atomic E-state index is 4.50. The molecule has 0 aliphatic heterocycles. The molecule has 15 heavy (non-hydrogen) atoms.